The second kappa shape index (κ2) is 8.93. The number of unbranched alkanes of at least 4 members (excludes halogenated alkanes) is 2. The van der Waals surface area contributed by atoms with Crippen LogP contribution in [0.5, 0.6) is 0 Å². The number of hydrogen-bond donors (Lipinski definition) is 0. The Morgan fingerprint density at radius 3 is 1.69 bits per heavy atom. The molecule has 0 aromatic carbocycles. The second-order valence-electron chi connectivity index (χ2n) is 3.93. The SMILES string of the molecule is CCCCO[C@H]1OCCO[C@@H]1OCCCC. The Hall–Kier alpha value is -0.160. The normalized spacial score (nSPS) is 25.9. The summed E-state index contributed by atoms with van der Waals surface area (Å²) in [6, 6.07) is 0. The summed E-state index contributed by atoms with van der Waals surface area (Å²) in [5, 5.41) is 0. The minimum absolute atomic E-state index is 0.350. The molecule has 0 aromatic heterocycles. The summed E-state index contributed by atoms with van der Waals surface area (Å²) in [5.41, 5.74) is 0. The first kappa shape index (κ1) is 13.9. The minimum Gasteiger partial charge on any atom is -0.348 e. The Morgan fingerprint density at radius 2 is 1.31 bits per heavy atom. The lowest BCUT2D eigenvalue weighted by molar-refractivity contribution is -0.320. The highest BCUT2D eigenvalue weighted by Gasteiger charge is 2.28. The first-order chi connectivity index (χ1) is 7.88. The van der Waals surface area contributed by atoms with E-state index in [1.165, 1.54) is 0 Å². The van der Waals surface area contributed by atoms with E-state index in [2.05, 4.69) is 13.8 Å². The van der Waals surface area contributed by atoms with E-state index in [-0.39, 0.29) is 12.6 Å². The molecule has 0 N–H and O–H groups in total. The van der Waals surface area contributed by atoms with Gasteiger partial charge in [-0.3, -0.25) is 0 Å². The van der Waals surface area contributed by atoms with Gasteiger partial charge in [-0.05, 0) is 12.8 Å². The van der Waals surface area contributed by atoms with Crippen molar-refractivity contribution in [2.45, 2.75) is 52.1 Å². The Kier molecular flexibility index (Phi) is 7.76. The van der Waals surface area contributed by atoms with Crippen LogP contribution in [0.25, 0.3) is 0 Å². The minimum atomic E-state index is -0.350. The van der Waals surface area contributed by atoms with Gasteiger partial charge < -0.3 is 18.9 Å². The second-order valence-corrected chi connectivity index (χ2v) is 3.93. The fourth-order valence-corrected chi connectivity index (χ4v) is 1.43. The lowest BCUT2D eigenvalue weighted by atomic mass is 10.3. The third-order valence-electron chi connectivity index (χ3n) is 2.43. The molecule has 1 fully saturated rings. The van der Waals surface area contributed by atoms with Gasteiger partial charge in [0, 0.05) is 13.2 Å². The number of rotatable bonds is 8. The summed E-state index contributed by atoms with van der Waals surface area (Å²) in [4.78, 5) is 0. The molecule has 16 heavy (non-hydrogen) atoms. The van der Waals surface area contributed by atoms with Crippen molar-refractivity contribution in [3.63, 3.8) is 0 Å². The van der Waals surface area contributed by atoms with Crippen LogP contribution >= 0.6 is 0 Å². The third kappa shape index (κ3) is 5.25. The lowest BCUT2D eigenvalue weighted by Gasteiger charge is -2.31. The molecule has 0 radical (unpaired) electrons. The average Bonchev–Trinajstić information content (AvgIpc) is 2.32. The van der Waals surface area contributed by atoms with Crippen molar-refractivity contribution >= 4 is 0 Å². The largest absolute Gasteiger partial charge is 0.348 e. The van der Waals surface area contributed by atoms with E-state index in [9.17, 15) is 0 Å². The highest BCUT2D eigenvalue weighted by Crippen LogP contribution is 2.14. The highest BCUT2D eigenvalue weighted by molar-refractivity contribution is 4.57. The molecule has 0 amide bonds. The average molecular weight is 232 g/mol. The fraction of sp³-hybridized carbons (Fsp3) is 1.00. The van der Waals surface area contributed by atoms with Crippen molar-refractivity contribution in [1.29, 1.82) is 0 Å². The van der Waals surface area contributed by atoms with Crippen LogP contribution in [0.3, 0.4) is 0 Å². The molecule has 0 bridgehead atoms. The van der Waals surface area contributed by atoms with E-state index in [1.807, 2.05) is 0 Å². The zero-order valence-electron chi connectivity index (χ0n) is 10.4. The van der Waals surface area contributed by atoms with Crippen LogP contribution in [0.4, 0.5) is 0 Å². The number of ether oxygens (including phenoxy) is 4. The molecule has 1 rings (SSSR count). The van der Waals surface area contributed by atoms with Crippen molar-refractivity contribution in [2.24, 2.45) is 0 Å². The van der Waals surface area contributed by atoms with Gasteiger partial charge >= 0.3 is 0 Å². The van der Waals surface area contributed by atoms with Crippen LogP contribution in [0.15, 0.2) is 0 Å². The molecule has 0 spiro atoms. The molecule has 96 valence electrons. The molecule has 4 nitrogen and oxygen atoms in total. The van der Waals surface area contributed by atoms with Crippen molar-refractivity contribution in [1.82, 2.24) is 0 Å². The van der Waals surface area contributed by atoms with Crippen molar-refractivity contribution < 1.29 is 18.9 Å². The molecule has 0 aromatic rings. The van der Waals surface area contributed by atoms with Gasteiger partial charge in [0.05, 0.1) is 13.2 Å². The van der Waals surface area contributed by atoms with E-state index < -0.39 is 0 Å². The Bertz CT molecular complexity index is 145. The third-order valence-corrected chi connectivity index (χ3v) is 2.43. The zero-order valence-corrected chi connectivity index (χ0v) is 10.4. The quantitative estimate of drug-likeness (QED) is 0.602. The van der Waals surface area contributed by atoms with Crippen LogP contribution in [0.2, 0.25) is 0 Å². The molecule has 1 heterocycles. The van der Waals surface area contributed by atoms with E-state index in [0.29, 0.717) is 26.4 Å². The maximum atomic E-state index is 5.59. The first-order valence-electron chi connectivity index (χ1n) is 6.35. The Balaban J connectivity index is 2.20. The summed E-state index contributed by atoms with van der Waals surface area (Å²) in [7, 11) is 0. The summed E-state index contributed by atoms with van der Waals surface area (Å²) in [6.45, 7) is 6.86. The van der Waals surface area contributed by atoms with Crippen molar-refractivity contribution in [2.75, 3.05) is 26.4 Å². The van der Waals surface area contributed by atoms with Gasteiger partial charge in [-0.25, -0.2) is 0 Å². The van der Waals surface area contributed by atoms with Gasteiger partial charge in [-0.15, -0.1) is 0 Å². The maximum Gasteiger partial charge on any atom is 0.209 e. The van der Waals surface area contributed by atoms with E-state index in [0.717, 1.165) is 25.7 Å². The van der Waals surface area contributed by atoms with E-state index in [4.69, 9.17) is 18.9 Å². The fourth-order valence-electron chi connectivity index (χ4n) is 1.43. The van der Waals surface area contributed by atoms with Gasteiger partial charge in [0.25, 0.3) is 0 Å². The molecular formula is C12H24O4. The maximum absolute atomic E-state index is 5.59. The molecule has 0 aliphatic carbocycles. The molecule has 0 saturated carbocycles. The smallest absolute Gasteiger partial charge is 0.209 e. The molecule has 0 unspecified atom stereocenters. The van der Waals surface area contributed by atoms with Gasteiger partial charge in [0.2, 0.25) is 12.6 Å². The Morgan fingerprint density at radius 1 is 0.875 bits per heavy atom. The van der Waals surface area contributed by atoms with Crippen molar-refractivity contribution in [3.05, 3.63) is 0 Å². The van der Waals surface area contributed by atoms with E-state index >= 15 is 0 Å². The van der Waals surface area contributed by atoms with Gasteiger partial charge in [-0.1, -0.05) is 26.7 Å². The van der Waals surface area contributed by atoms with Crippen LogP contribution in [0, 0.1) is 0 Å². The van der Waals surface area contributed by atoms with Crippen molar-refractivity contribution in [3.8, 4) is 0 Å². The predicted molar refractivity (Wildman–Crippen MR) is 61.2 cm³/mol. The molecule has 4 heteroatoms. The summed E-state index contributed by atoms with van der Waals surface area (Å²) in [5.74, 6) is 0. The molecular weight excluding hydrogens is 208 g/mol. The summed E-state index contributed by atoms with van der Waals surface area (Å²) in [6.07, 6.45) is 3.63. The molecule has 1 saturated heterocycles. The monoisotopic (exact) mass is 232 g/mol. The summed E-state index contributed by atoms with van der Waals surface area (Å²) >= 11 is 0. The number of hydrogen-bond acceptors (Lipinski definition) is 4. The van der Waals surface area contributed by atoms with E-state index in [1.54, 1.807) is 0 Å². The first-order valence-corrected chi connectivity index (χ1v) is 6.35. The van der Waals surface area contributed by atoms with Gasteiger partial charge in [0.15, 0.2) is 0 Å². The standard InChI is InChI=1S/C12H24O4/c1-3-5-7-13-11-12(14-8-6-4-2)16-10-9-15-11/h11-12H,3-10H2,1-2H3/t11-,12-/m0/s1. The lowest BCUT2D eigenvalue weighted by Crippen LogP contribution is -2.42. The van der Waals surface area contributed by atoms with Crippen LogP contribution in [-0.2, 0) is 18.9 Å². The van der Waals surface area contributed by atoms with Crippen LogP contribution in [-0.4, -0.2) is 39.0 Å². The Labute approximate surface area is 98.2 Å². The molecule has 1 aliphatic rings. The summed E-state index contributed by atoms with van der Waals surface area (Å²) < 4.78 is 22.2. The topological polar surface area (TPSA) is 36.9 Å². The van der Waals surface area contributed by atoms with Gasteiger partial charge in [0.1, 0.15) is 0 Å². The van der Waals surface area contributed by atoms with Crippen LogP contribution in [0.1, 0.15) is 39.5 Å². The molecule has 2 atom stereocenters. The molecule has 1 aliphatic heterocycles. The predicted octanol–water partition coefficient (Wildman–Crippen LogP) is 2.32. The highest BCUT2D eigenvalue weighted by atomic mass is 16.8. The zero-order chi connectivity index (χ0) is 11.6. The van der Waals surface area contributed by atoms with Gasteiger partial charge in [-0.2, -0.15) is 0 Å². The van der Waals surface area contributed by atoms with Crippen LogP contribution < -0.4 is 0 Å².